The Morgan fingerprint density at radius 3 is 2.62 bits per heavy atom. The van der Waals surface area contributed by atoms with Crippen molar-refractivity contribution in [3.05, 3.63) is 26.8 Å². The van der Waals surface area contributed by atoms with Crippen molar-refractivity contribution in [1.82, 2.24) is 0 Å². The van der Waals surface area contributed by atoms with E-state index in [4.69, 9.17) is 22.5 Å². The van der Waals surface area contributed by atoms with E-state index in [1.165, 1.54) is 0 Å². The van der Waals surface area contributed by atoms with Gasteiger partial charge < -0.3 is 16.3 Å². The Labute approximate surface area is 142 Å². The highest BCUT2D eigenvalue weighted by Crippen LogP contribution is 2.38. The zero-order chi connectivity index (χ0) is 15.5. The maximum absolute atomic E-state index is 12.7. The summed E-state index contributed by atoms with van der Waals surface area (Å²) >= 11 is 8.02. The third-order valence-corrected chi connectivity index (χ3v) is 5.05. The van der Waals surface area contributed by atoms with Crippen LogP contribution < -0.4 is 11.1 Å². The van der Waals surface area contributed by atoms with Crippen molar-refractivity contribution in [1.29, 1.82) is 0 Å². The largest absolute Gasteiger partial charge is 0.409 e. The third kappa shape index (κ3) is 3.42. The molecule has 4 N–H and O–H groups in total. The van der Waals surface area contributed by atoms with Crippen molar-refractivity contribution in [3.63, 3.8) is 0 Å². The SMILES string of the molecule is N/C(=N/O)C1(C(=O)Nc2ccc(Cl)cc2I)CCCCC1. The minimum Gasteiger partial charge on any atom is -0.409 e. The Balaban J connectivity index is 2.27. The molecule has 114 valence electrons. The van der Waals surface area contributed by atoms with E-state index in [-0.39, 0.29) is 11.7 Å². The lowest BCUT2D eigenvalue weighted by atomic mass is 9.72. The lowest BCUT2D eigenvalue weighted by Crippen LogP contribution is -2.48. The molecule has 1 fully saturated rings. The van der Waals surface area contributed by atoms with Gasteiger partial charge in [0, 0.05) is 8.59 Å². The van der Waals surface area contributed by atoms with Crippen molar-refractivity contribution in [2.24, 2.45) is 16.3 Å². The first-order chi connectivity index (χ1) is 9.99. The third-order valence-electron chi connectivity index (χ3n) is 3.92. The van der Waals surface area contributed by atoms with Gasteiger partial charge in [0.25, 0.3) is 0 Å². The molecule has 0 unspecified atom stereocenters. The standard InChI is InChI=1S/C14H17ClIN3O2/c15-9-4-5-11(10(16)8-9)18-13(20)14(12(17)19-21)6-2-1-3-7-14/h4-5,8,21H,1-3,6-7H2,(H2,17,19)(H,18,20). The Morgan fingerprint density at radius 1 is 1.38 bits per heavy atom. The summed E-state index contributed by atoms with van der Waals surface area (Å²) in [5.41, 5.74) is 5.58. The molecule has 0 saturated heterocycles. The van der Waals surface area contributed by atoms with E-state index in [0.717, 1.165) is 22.8 Å². The molecule has 0 heterocycles. The van der Waals surface area contributed by atoms with Gasteiger partial charge in [-0.2, -0.15) is 0 Å². The molecule has 1 saturated carbocycles. The predicted octanol–water partition coefficient (Wildman–Crippen LogP) is 3.58. The number of anilines is 1. The van der Waals surface area contributed by atoms with Crippen LogP contribution in [0, 0.1) is 8.99 Å². The summed E-state index contributed by atoms with van der Waals surface area (Å²) in [6.07, 6.45) is 4.03. The molecule has 1 aromatic carbocycles. The summed E-state index contributed by atoms with van der Waals surface area (Å²) in [5.74, 6) is -0.235. The van der Waals surface area contributed by atoms with Gasteiger partial charge in [-0.05, 0) is 53.6 Å². The second-order valence-electron chi connectivity index (χ2n) is 5.21. The number of hydrogen-bond donors (Lipinski definition) is 3. The molecule has 5 nitrogen and oxygen atoms in total. The smallest absolute Gasteiger partial charge is 0.238 e. The summed E-state index contributed by atoms with van der Waals surface area (Å²) < 4.78 is 0.846. The van der Waals surface area contributed by atoms with Crippen LogP contribution in [-0.4, -0.2) is 17.0 Å². The van der Waals surface area contributed by atoms with Gasteiger partial charge in [-0.15, -0.1) is 0 Å². The van der Waals surface area contributed by atoms with E-state index in [1.54, 1.807) is 18.2 Å². The van der Waals surface area contributed by atoms with Crippen molar-refractivity contribution in [2.75, 3.05) is 5.32 Å². The van der Waals surface area contributed by atoms with Crippen LogP contribution in [0.25, 0.3) is 0 Å². The summed E-state index contributed by atoms with van der Waals surface area (Å²) in [5, 5.41) is 15.6. The van der Waals surface area contributed by atoms with E-state index >= 15 is 0 Å². The van der Waals surface area contributed by atoms with Gasteiger partial charge in [-0.1, -0.05) is 36.0 Å². The molecule has 21 heavy (non-hydrogen) atoms. The van der Waals surface area contributed by atoms with Gasteiger partial charge in [0.15, 0.2) is 5.84 Å². The molecule has 0 aromatic heterocycles. The number of nitrogens with zero attached hydrogens (tertiary/aromatic N) is 1. The predicted molar refractivity (Wildman–Crippen MR) is 91.7 cm³/mol. The van der Waals surface area contributed by atoms with E-state index in [0.29, 0.717) is 23.6 Å². The second-order valence-corrected chi connectivity index (χ2v) is 6.80. The summed E-state index contributed by atoms with van der Waals surface area (Å²) in [4.78, 5) is 12.7. The normalized spacial score (nSPS) is 18.3. The maximum Gasteiger partial charge on any atom is 0.238 e. The number of nitrogens with one attached hydrogen (secondary N) is 1. The van der Waals surface area contributed by atoms with Crippen LogP contribution in [0.15, 0.2) is 23.4 Å². The number of oxime groups is 1. The molecule has 1 aromatic rings. The van der Waals surface area contributed by atoms with Gasteiger partial charge in [0.2, 0.25) is 5.91 Å². The zero-order valence-electron chi connectivity index (χ0n) is 11.4. The van der Waals surface area contributed by atoms with Crippen LogP contribution in [0.5, 0.6) is 0 Å². The Hall–Kier alpha value is -1.02. The number of nitrogens with two attached hydrogens (primary N) is 1. The van der Waals surface area contributed by atoms with Crippen molar-refractivity contribution >= 4 is 51.6 Å². The number of carbonyl (C=O) groups excluding carboxylic acids is 1. The van der Waals surface area contributed by atoms with Gasteiger partial charge in [0.1, 0.15) is 5.41 Å². The number of benzene rings is 1. The molecule has 0 bridgehead atoms. The summed E-state index contributed by atoms with van der Waals surface area (Å²) in [7, 11) is 0. The lowest BCUT2D eigenvalue weighted by molar-refractivity contribution is -0.123. The summed E-state index contributed by atoms with van der Waals surface area (Å²) in [6, 6.07) is 5.25. The Morgan fingerprint density at radius 2 is 2.05 bits per heavy atom. The average Bonchev–Trinajstić information content (AvgIpc) is 2.49. The highest BCUT2D eigenvalue weighted by Gasteiger charge is 2.44. The molecule has 0 spiro atoms. The van der Waals surface area contributed by atoms with Crippen LogP contribution in [0.1, 0.15) is 32.1 Å². The Bertz CT molecular complexity index is 571. The number of hydrogen-bond acceptors (Lipinski definition) is 3. The molecule has 1 aliphatic carbocycles. The first-order valence-electron chi connectivity index (χ1n) is 6.74. The van der Waals surface area contributed by atoms with Gasteiger partial charge in [-0.3, -0.25) is 4.79 Å². The Kier molecular flexibility index (Phi) is 5.32. The van der Waals surface area contributed by atoms with Gasteiger partial charge in [-0.25, -0.2) is 0 Å². The van der Waals surface area contributed by atoms with E-state index < -0.39 is 5.41 Å². The van der Waals surface area contributed by atoms with Crippen LogP contribution in [0.2, 0.25) is 5.02 Å². The minimum absolute atomic E-state index is 0.0105. The highest BCUT2D eigenvalue weighted by atomic mass is 127. The molecular weight excluding hydrogens is 405 g/mol. The van der Waals surface area contributed by atoms with Crippen molar-refractivity contribution in [3.8, 4) is 0 Å². The first-order valence-corrected chi connectivity index (χ1v) is 8.20. The fraction of sp³-hybridized carbons (Fsp3) is 0.429. The fourth-order valence-electron chi connectivity index (χ4n) is 2.68. The number of amides is 1. The molecule has 2 rings (SSSR count). The molecule has 7 heteroatoms. The van der Waals surface area contributed by atoms with Crippen LogP contribution >= 0.6 is 34.2 Å². The molecule has 0 aliphatic heterocycles. The van der Waals surface area contributed by atoms with Gasteiger partial charge in [0.05, 0.1) is 5.69 Å². The first kappa shape index (κ1) is 16.4. The number of carbonyl (C=O) groups is 1. The quantitative estimate of drug-likeness (QED) is 0.229. The number of rotatable bonds is 3. The lowest BCUT2D eigenvalue weighted by Gasteiger charge is -2.34. The second kappa shape index (κ2) is 6.83. The molecule has 0 atom stereocenters. The van der Waals surface area contributed by atoms with E-state index in [9.17, 15) is 4.79 Å². The maximum atomic E-state index is 12.7. The molecule has 0 radical (unpaired) electrons. The van der Waals surface area contributed by atoms with E-state index in [1.807, 2.05) is 0 Å². The molecular formula is C14H17ClIN3O2. The molecule has 1 aliphatic rings. The fourth-order valence-corrected chi connectivity index (χ4v) is 3.69. The van der Waals surface area contributed by atoms with Crippen LogP contribution in [0.3, 0.4) is 0 Å². The average molecular weight is 422 g/mol. The topological polar surface area (TPSA) is 87.7 Å². The zero-order valence-corrected chi connectivity index (χ0v) is 14.3. The minimum atomic E-state index is -0.921. The van der Waals surface area contributed by atoms with Gasteiger partial charge >= 0.3 is 0 Å². The van der Waals surface area contributed by atoms with Crippen LogP contribution in [0.4, 0.5) is 5.69 Å². The number of halogens is 2. The van der Waals surface area contributed by atoms with Crippen molar-refractivity contribution in [2.45, 2.75) is 32.1 Å². The highest BCUT2D eigenvalue weighted by molar-refractivity contribution is 14.1. The van der Waals surface area contributed by atoms with Crippen LogP contribution in [-0.2, 0) is 4.79 Å². The van der Waals surface area contributed by atoms with E-state index in [2.05, 4.69) is 33.1 Å². The monoisotopic (exact) mass is 421 g/mol. The van der Waals surface area contributed by atoms with Crippen molar-refractivity contribution < 1.29 is 10.0 Å². The number of amidine groups is 1. The summed E-state index contributed by atoms with van der Waals surface area (Å²) in [6.45, 7) is 0. The molecule has 1 amide bonds.